The Morgan fingerprint density at radius 2 is 1.71 bits per heavy atom. The van der Waals surface area contributed by atoms with Gasteiger partial charge >= 0.3 is 0 Å². The molecule has 4 nitrogen and oxygen atoms in total. The second-order valence-electron chi connectivity index (χ2n) is 7.21. The van der Waals surface area contributed by atoms with Gasteiger partial charge in [0.15, 0.2) is 17.1 Å². The van der Waals surface area contributed by atoms with Gasteiger partial charge in [-0.2, -0.15) is 0 Å². The molecule has 0 saturated heterocycles. The number of pyridine rings is 2. The summed E-state index contributed by atoms with van der Waals surface area (Å²) in [4.78, 5) is 20.5. The van der Waals surface area contributed by atoms with Crippen LogP contribution in [0.5, 0.6) is 11.6 Å². The number of nitrogens with one attached hydrogen (secondary N) is 1. The second kappa shape index (κ2) is 7.32. The van der Waals surface area contributed by atoms with E-state index in [4.69, 9.17) is 4.74 Å². The van der Waals surface area contributed by atoms with E-state index in [1.54, 1.807) is 12.1 Å². The third-order valence-electron chi connectivity index (χ3n) is 5.21. The molecule has 2 heterocycles. The summed E-state index contributed by atoms with van der Waals surface area (Å²) in [5, 5.41) is 1.42. The summed E-state index contributed by atoms with van der Waals surface area (Å²) in [6.45, 7) is 1.44. The van der Waals surface area contributed by atoms with Crippen LogP contribution in [0, 0.1) is 18.6 Å². The lowest BCUT2D eigenvalue weighted by atomic mass is 10.1. The third kappa shape index (κ3) is 3.32. The van der Waals surface area contributed by atoms with Gasteiger partial charge in [-0.3, -0.25) is 4.79 Å². The molecule has 0 aliphatic heterocycles. The van der Waals surface area contributed by atoms with Gasteiger partial charge in [-0.05, 0) is 43.3 Å². The van der Waals surface area contributed by atoms with Crippen LogP contribution < -0.4 is 10.2 Å². The number of fused-ring (bicyclic) bond motifs is 2. The maximum Gasteiger partial charge on any atom is 0.229 e. The molecular formula is C25H16F2N2O2. The smallest absolute Gasteiger partial charge is 0.229 e. The van der Waals surface area contributed by atoms with Crippen LogP contribution in [0.1, 0.15) is 5.56 Å². The molecule has 0 saturated carbocycles. The van der Waals surface area contributed by atoms with Crippen LogP contribution in [0.25, 0.3) is 33.1 Å². The molecule has 1 N–H and O–H groups in total. The van der Waals surface area contributed by atoms with Gasteiger partial charge in [-0.1, -0.05) is 30.3 Å². The minimum absolute atomic E-state index is 0.0351. The molecule has 0 aliphatic carbocycles. The number of hydrogen-bond donors (Lipinski definition) is 1. The van der Waals surface area contributed by atoms with E-state index in [0.717, 1.165) is 11.5 Å². The highest BCUT2D eigenvalue weighted by atomic mass is 19.2. The maximum absolute atomic E-state index is 14.1. The van der Waals surface area contributed by atoms with Crippen molar-refractivity contribution in [3.8, 4) is 22.9 Å². The van der Waals surface area contributed by atoms with Gasteiger partial charge in [-0.15, -0.1) is 0 Å². The number of nitrogens with zero attached hydrogens (tertiary/aromatic N) is 1. The molecule has 6 heteroatoms. The van der Waals surface area contributed by atoms with E-state index >= 15 is 0 Å². The Labute approximate surface area is 175 Å². The normalized spacial score (nSPS) is 11.2. The molecule has 0 radical (unpaired) electrons. The molecule has 5 aromatic rings. The van der Waals surface area contributed by atoms with Gasteiger partial charge in [0.1, 0.15) is 5.75 Å². The highest BCUT2D eigenvalue weighted by Crippen LogP contribution is 2.35. The minimum Gasteiger partial charge on any atom is -0.438 e. The summed E-state index contributed by atoms with van der Waals surface area (Å²) in [6.07, 6.45) is 0. The zero-order valence-electron chi connectivity index (χ0n) is 16.4. The number of H-pyrrole nitrogens is 1. The fourth-order valence-corrected chi connectivity index (χ4v) is 3.56. The van der Waals surface area contributed by atoms with Gasteiger partial charge in [0.05, 0.1) is 16.8 Å². The zero-order chi connectivity index (χ0) is 21.5. The van der Waals surface area contributed by atoms with Gasteiger partial charge in [0.25, 0.3) is 0 Å². The highest BCUT2D eigenvalue weighted by Gasteiger charge is 2.17. The number of ether oxygens (including phenoxy) is 1. The minimum atomic E-state index is -0.973. The highest BCUT2D eigenvalue weighted by molar-refractivity contribution is 5.88. The number of benzene rings is 3. The summed E-state index contributed by atoms with van der Waals surface area (Å²) in [7, 11) is 0. The van der Waals surface area contributed by atoms with Gasteiger partial charge in [-0.25, -0.2) is 13.8 Å². The standard InChI is InChI=1S/C25H16F2N2O2/c1-14-23(11-10-18(26)24(14)27)31-25-17(12-15-6-2-4-8-19(15)29-25)21-13-22(30)16-7-3-5-9-20(16)28-21/h2-13H,1H3,(H,28,30). The van der Waals surface area contributed by atoms with Crippen LogP contribution in [0.2, 0.25) is 0 Å². The van der Waals surface area contributed by atoms with E-state index < -0.39 is 11.6 Å². The van der Waals surface area contributed by atoms with E-state index in [9.17, 15) is 13.6 Å². The summed E-state index contributed by atoms with van der Waals surface area (Å²) >= 11 is 0. The van der Waals surface area contributed by atoms with E-state index in [1.807, 2.05) is 42.5 Å². The Hall–Kier alpha value is -4.06. The molecule has 5 rings (SSSR count). The molecular weight excluding hydrogens is 398 g/mol. The number of para-hydroxylation sites is 2. The van der Waals surface area contributed by atoms with Crippen molar-refractivity contribution in [1.82, 2.24) is 9.97 Å². The lowest BCUT2D eigenvalue weighted by Gasteiger charge is -2.14. The van der Waals surface area contributed by atoms with E-state index in [-0.39, 0.29) is 22.6 Å². The molecule has 0 atom stereocenters. The first-order chi connectivity index (χ1) is 15.0. The number of hydrogen-bond acceptors (Lipinski definition) is 3. The van der Waals surface area contributed by atoms with Crippen LogP contribution in [-0.2, 0) is 0 Å². The summed E-state index contributed by atoms with van der Waals surface area (Å²) in [5.74, 6) is -1.60. The van der Waals surface area contributed by atoms with E-state index in [0.29, 0.717) is 27.7 Å². The number of halogens is 2. The lowest BCUT2D eigenvalue weighted by molar-refractivity contribution is 0.444. The molecule has 0 fully saturated rings. The molecule has 0 aliphatic rings. The molecule has 2 aromatic heterocycles. The maximum atomic E-state index is 14.1. The molecule has 0 unspecified atom stereocenters. The summed E-state index contributed by atoms with van der Waals surface area (Å²) < 4.78 is 33.6. The van der Waals surface area contributed by atoms with Crippen molar-refractivity contribution in [2.24, 2.45) is 0 Å². The van der Waals surface area contributed by atoms with Crippen LogP contribution in [-0.4, -0.2) is 9.97 Å². The number of aromatic nitrogens is 2. The van der Waals surface area contributed by atoms with Crippen molar-refractivity contribution >= 4 is 21.8 Å². The Kier molecular flexibility index (Phi) is 4.47. The molecule has 0 bridgehead atoms. The van der Waals surface area contributed by atoms with Crippen LogP contribution >= 0.6 is 0 Å². The van der Waals surface area contributed by atoms with Crippen molar-refractivity contribution in [2.45, 2.75) is 6.92 Å². The van der Waals surface area contributed by atoms with Gasteiger partial charge < -0.3 is 9.72 Å². The monoisotopic (exact) mass is 414 g/mol. The van der Waals surface area contributed by atoms with Gasteiger partial charge in [0.2, 0.25) is 5.88 Å². The largest absolute Gasteiger partial charge is 0.438 e. The van der Waals surface area contributed by atoms with Crippen LogP contribution in [0.15, 0.2) is 77.6 Å². The third-order valence-corrected chi connectivity index (χ3v) is 5.21. The average molecular weight is 414 g/mol. The molecule has 0 amide bonds. The quantitative estimate of drug-likeness (QED) is 0.387. The van der Waals surface area contributed by atoms with E-state index in [1.165, 1.54) is 19.1 Å². The fraction of sp³-hybridized carbons (Fsp3) is 0.0400. The first-order valence-electron chi connectivity index (χ1n) is 9.66. The molecule has 152 valence electrons. The summed E-state index contributed by atoms with van der Waals surface area (Å²) in [6, 6.07) is 20.4. The lowest BCUT2D eigenvalue weighted by Crippen LogP contribution is -2.04. The Morgan fingerprint density at radius 1 is 0.935 bits per heavy atom. The second-order valence-corrected chi connectivity index (χ2v) is 7.21. The average Bonchev–Trinajstić information content (AvgIpc) is 2.79. The topological polar surface area (TPSA) is 55.0 Å². The first kappa shape index (κ1) is 18.9. The zero-order valence-corrected chi connectivity index (χ0v) is 16.4. The van der Waals surface area contributed by atoms with Crippen molar-refractivity contribution < 1.29 is 13.5 Å². The number of aromatic amines is 1. The molecule has 3 aromatic carbocycles. The van der Waals surface area contributed by atoms with Crippen molar-refractivity contribution in [2.75, 3.05) is 0 Å². The van der Waals surface area contributed by atoms with Crippen LogP contribution in [0.3, 0.4) is 0 Å². The SMILES string of the molecule is Cc1c(Oc2nc3ccccc3cc2-c2cc(=O)c3ccccc3[nH]2)ccc(F)c1F. The Bertz CT molecular complexity index is 1530. The predicted molar refractivity (Wildman–Crippen MR) is 116 cm³/mol. The first-order valence-corrected chi connectivity index (χ1v) is 9.66. The Morgan fingerprint density at radius 3 is 2.58 bits per heavy atom. The van der Waals surface area contributed by atoms with Crippen molar-refractivity contribution in [3.63, 3.8) is 0 Å². The van der Waals surface area contributed by atoms with Gasteiger partial charge in [0, 0.05) is 27.9 Å². The molecule has 31 heavy (non-hydrogen) atoms. The van der Waals surface area contributed by atoms with Crippen LogP contribution in [0.4, 0.5) is 8.78 Å². The fourth-order valence-electron chi connectivity index (χ4n) is 3.56. The van der Waals surface area contributed by atoms with E-state index in [2.05, 4.69) is 9.97 Å². The predicted octanol–water partition coefficient (Wildman–Crippen LogP) is 6.12. The van der Waals surface area contributed by atoms with Crippen molar-refractivity contribution in [3.05, 3.63) is 100 Å². The number of rotatable bonds is 3. The Balaban J connectivity index is 1.74. The van der Waals surface area contributed by atoms with Crippen molar-refractivity contribution in [1.29, 1.82) is 0 Å². The molecule has 0 spiro atoms. The summed E-state index contributed by atoms with van der Waals surface area (Å²) in [5.41, 5.74) is 2.28.